The van der Waals surface area contributed by atoms with Gasteiger partial charge in [-0.25, -0.2) is 4.79 Å². The van der Waals surface area contributed by atoms with Gasteiger partial charge in [0.15, 0.2) is 0 Å². The maximum Gasteiger partial charge on any atom is 0.334 e. The van der Waals surface area contributed by atoms with Crippen LogP contribution in [0.1, 0.15) is 64.2 Å². The molecule has 2 nitrogen and oxygen atoms in total. The number of carbonyl (C=O) groups excluding carboxylic acids is 1. The topological polar surface area (TPSA) is 26.3 Å². The highest BCUT2D eigenvalue weighted by Gasteiger charge is 2.37. The average molecular weight is 262 g/mol. The van der Waals surface area contributed by atoms with E-state index in [1.54, 1.807) is 0 Å². The van der Waals surface area contributed by atoms with E-state index in [0.717, 1.165) is 25.7 Å². The highest BCUT2D eigenvalue weighted by molar-refractivity contribution is 5.90. The molecule has 2 rings (SSSR count). The number of esters is 1. The fraction of sp³-hybridized carbons (Fsp3) is 0.706. The van der Waals surface area contributed by atoms with Crippen LogP contribution in [0.4, 0.5) is 0 Å². The summed E-state index contributed by atoms with van der Waals surface area (Å²) in [5.41, 5.74) is 0.709. The van der Waals surface area contributed by atoms with Gasteiger partial charge in [0.1, 0.15) is 6.10 Å². The van der Waals surface area contributed by atoms with Crippen molar-refractivity contribution in [3.63, 3.8) is 0 Å². The van der Waals surface area contributed by atoms with Crippen LogP contribution in [0.3, 0.4) is 0 Å². The van der Waals surface area contributed by atoms with Crippen LogP contribution in [0, 0.1) is 5.92 Å². The molecule has 0 amide bonds. The zero-order valence-electron chi connectivity index (χ0n) is 11.9. The van der Waals surface area contributed by atoms with Crippen molar-refractivity contribution >= 4 is 5.97 Å². The van der Waals surface area contributed by atoms with Crippen LogP contribution in [-0.4, -0.2) is 12.1 Å². The van der Waals surface area contributed by atoms with E-state index in [1.807, 2.05) is 0 Å². The second kappa shape index (κ2) is 7.52. The zero-order chi connectivity index (χ0) is 13.5. The van der Waals surface area contributed by atoms with Crippen LogP contribution in [0.25, 0.3) is 0 Å². The summed E-state index contributed by atoms with van der Waals surface area (Å²) >= 11 is 0. The molecule has 0 radical (unpaired) electrons. The fourth-order valence-electron chi connectivity index (χ4n) is 3.12. The normalized spacial score (nSPS) is 32.2. The summed E-state index contributed by atoms with van der Waals surface area (Å²) in [7, 11) is 0. The number of rotatable bonds is 0. The lowest BCUT2D eigenvalue weighted by atomic mass is 9.88. The third-order valence-corrected chi connectivity index (χ3v) is 4.33. The van der Waals surface area contributed by atoms with Gasteiger partial charge in [-0.1, -0.05) is 38.0 Å². The lowest BCUT2D eigenvalue weighted by Gasteiger charge is -2.17. The molecule has 1 saturated heterocycles. The Morgan fingerprint density at radius 2 is 1.63 bits per heavy atom. The monoisotopic (exact) mass is 262 g/mol. The van der Waals surface area contributed by atoms with E-state index in [-0.39, 0.29) is 18.0 Å². The number of fused-ring (bicyclic) bond motifs is 1. The van der Waals surface area contributed by atoms with Gasteiger partial charge < -0.3 is 4.74 Å². The summed E-state index contributed by atoms with van der Waals surface area (Å²) in [6.07, 6.45) is 16.6. The molecular weight excluding hydrogens is 236 g/mol. The molecule has 2 heteroatoms. The SMILES string of the molecule is C=C1C(=O)O[C@@H]2CCCCCCC/C=C/CCC[C@@H]12. The Kier molecular flexibility index (Phi) is 5.68. The number of ether oxygens (including phenoxy) is 1. The van der Waals surface area contributed by atoms with E-state index < -0.39 is 0 Å². The minimum absolute atomic E-state index is 0.104. The highest BCUT2D eigenvalue weighted by Crippen LogP contribution is 2.34. The standard InChI is InChI=1S/C17H26O2/c1-14-15-12-10-8-6-4-2-3-5-7-9-11-13-16(15)19-17(14)18/h4,6,15-16H,1-3,5,7-13H2/b6-4+/t15-,16+/m0/s1. The maximum atomic E-state index is 11.6. The molecule has 0 bridgehead atoms. The van der Waals surface area contributed by atoms with E-state index in [0.29, 0.717) is 5.57 Å². The zero-order valence-corrected chi connectivity index (χ0v) is 11.9. The maximum absolute atomic E-state index is 11.6. The predicted octanol–water partition coefficient (Wildman–Crippen LogP) is 4.56. The van der Waals surface area contributed by atoms with Crippen molar-refractivity contribution in [1.29, 1.82) is 0 Å². The van der Waals surface area contributed by atoms with Crippen molar-refractivity contribution in [1.82, 2.24) is 0 Å². The second-order valence-electron chi connectivity index (χ2n) is 5.82. The van der Waals surface area contributed by atoms with Crippen LogP contribution in [0.15, 0.2) is 24.3 Å². The van der Waals surface area contributed by atoms with E-state index in [4.69, 9.17) is 4.74 Å². The molecule has 0 N–H and O–H groups in total. The summed E-state index contributed by atoms with van der Waals surface area (Å²) < 4.78 is 5.48. The summed E-state index contributed by atoms with van der Waals surface area (Å²) in [5.74, 6) is 0.110. The second-order valence-corrected chi connectivity index (χ2v) is 5.82. The van der Waals surface area contributed by atoms with Gasteiger partial charge in [0.25, 0.3) is 0 Å². The number of hydrogen-bond donors (Lipinski definition) is 0. The van der Waals surface area contributed by atoms with Crippen LogP contribution < -0.4 is 0 Å². The molecular formula is C17H26O2. The molecule has 19 heavy (non-hydrogen) atoms. The number of allylic oxidation sites excluding steroid dienone is 2. The van der Waals surface area contributed by atoms with Gasteiger partial charge in [-0.2, -0.15) is 0 Å². The van der Waals surface area contributed by atoms with E-state index in [9.17, 15) is 4.79 Å². The first-order valence-corrected chi connectivity index (χ1v) is 7.84. The van der Waals surface area contributed by atoms with Crippen LogP contribution >= 0.6 is 0 Å². The molecule has 0 aromatic rings. The Morgan fingerprint density at radius 1 is 0.947 bits per heavy atom. The van der Waals surface area contributed by atoms with Crippen LogP contribution in [0.2, 0.25) is 0 Å². The van der Waals surface area contributed by atoms with Crippen LogP contribution in [0.5, 0.6) is 0 Å². The molecule has 0 aromatic heterocycles. The molecule has 1 fully saturated rings. The summed E-state index contributed by atoms with van der Waals surface area (Å²) in [5, 5.41) is 0. The molecule has 0 spiro atoms. The Morgan fingerprint density at radius 3 is 2.47 bits per heavy atom. The van der Waals surface area contributed by atoms with Gasteiger partial charge in [0.05, 0.1) is 0 Å². The molecule has 1 aliphatic heterocycles. The summed E-state index contributed by atoms with van der Waals surface area (Å²) in [6, 6.07) is 0. The first kappa shape index (κ1) is 14.4. The third-order valence-electron chi connectivity index (χ3n) is 4.33. The Bertz CT molecular complexity index is 343. The first-order chi connectivity index (χ1) is 9.29. The summed E-state index contributed by atoms with van der Waals surface area (Å²) in [6.45, 7) is 3.93. The number of carbonyl (C=O) groups is 1. The van der Waals surface area contributed by atoms with Crippen molar-refractivity contribution in [2.75, 3.05) is 0 Å². The first-order valence-electron chi connectivity index (χ1n) is 7.84. The van der Waals surface area contributed by atoms with Gasteiger partial charge in [0, 0.05) is 11.5 Å². The van der Waals surface area contributed by atoms with Crippen molar-refractivity contribution in [2.45, 2.75) is 70.3 Å². The van der Waals surface area contributed by atoms with Gasteiger partial charge in [-0.15, -0.1) is 0 Å². The van der Waals surface area contributed by atoms with Crippen molar-refractivity contribution in [3.05, 3.63) is 24.3 Å². The molecule has 0 aromatic carbocycles. The molecule has 1 heterocycles. The molecule has 0 unspecified atom stereocenters. The van der Waals surface area contributed by atoms with Gasteiger partial charge in [0.2, 0.25) is 0 Å². The van der Waals surface area contributed by atoms with Crippen molar-refractivity contribution in [3.8, 4) is 0 Å². The van der Waals surface area contributed by atoms with Crippen LogP contribution in [-0.2, 0) is 9.53 Å². The Balaban J connectivity index is 1.92. The van der Waals surface area contributed by atoms with E-state index >= 15 is 0 Å². The smallest absolute Gasteiger partial charge is 0.334 e. The largest absolute Gasteiger partial charge is 0.458 e. The van der Waals surface area contributed by atoms with Gasteiger partial charge >= 0.3 is 5.97 Å². The Hall–Kier alpha value is -1.05. The predicted molar refractivity (Wildman–Crippen MR) is 77.8 cm³/mol. The molecule has 2 atom stereocenters. The average Bonchev–Trinajstić information content (AvgIpc) is 2.67. The number of hydrogen-bond acceptors (Lipinski definition) is 2. The third kappa shape index (κ3) is 4.22. The van der Waals surface area contributed by atoms with Gasteiger partial charge in [-0.3, -0.25) is 0 Å². The molecule has 1 aliphatic carbocycles. The van der Waals surface area contributed by atoms with Crippen molar-refractivity contribution in [2.24, 2.45) is 5.92 Å². The highest BCUT2D eigenvalue weighted by atomic mass is 16.6. The quantitative estimate of drug-likeness (QED) is 0.363. The van der Waals surface area contributed by atoms with Crippen molar-refractivity contribution < 1.29 is 9.53 Å². The van der Waals surface area contributed by atoms with E-state index in [2.05, 4.69) is 18.7 Å². The Labute approximate surface area is 116 Å². The summed E-state index contributed by atoms with van der Waals surface area (Å²) in [4.78, 5) is 11.6. The fourth-order valence-corrected chi connectivity index (χ4v) is 3.12. The van der Waals surface area contributed by atoms with Gasteiger partial charge in [-0.05, 0) is 44.9 Å². The van der Waals surface area contributed by atoms with E-state index in [1.165, 1.54) is 38.5 Å². The molecule has 0 saturated carbocycles. The lowest BCUT2D eigenvalue weighted by Crippen LogP contribution is -2.16. The minimum atomic E-state index is -0.158. The molecule has 106 valence electrons. The minimum Gasteiger partial charge on any atom is -0.458 e. The molecule has 2 aliphatic rings. The lowest BCUT2D eigenvalue weighted by molar-refractivity contribution is -0.139.